The quantitative estimate of drug-likeness (QED) is 0.672. The highest BCUT2D eigenvalue weighted by molar-refractivity contribution is 5.46. The summed E-state index contributed by atoms with van der Waals surface area (Å²) in [6.45, 7) is 1.63. The van der Waals surface area contributed by atoms with Gasteiger partial charge in [-0.15, -0.1) is 0 Å². The summed E-state index contributed by atoms with van der Waals surface area (Å²) in [6.07, 6.45) is 0.864. The molecule has 0 aliphatic heterocycles. The van der Waals surface area contributed by atoms with Gasteiger partial charge in [0.25, 0.3) is 0 Å². The topological polar surface area (TPSA) is 39.7 Å². The van der Waals surface area contributed by atoms with Gasteiger partial charge in [0.1, 0.15) is 0 Å². The van der Waals surface area contributed by atoms with E-state index in [1.807, 2.05) is 6.92 Å². The van der Waals surface area contributed by atoms with Gasteiger partial charge in [-0.3, -0.25) is 0 Å². The third kappa shape index (κ3) is 5.71. The zero-order valence-corrected chi connectivity index (χ0v) is 11.8. The number of benzene rings is 1. The van der Waals surface area contributed by atoms with Gasteiger partial charge in [0.2, 0.25) is 0 Å². The van der Waals surface area contributed by atoms with Gasteiger partial charge in [-0.05, 0) is 26.0 Å². The number of nitrogens with one attached hydrogen (secondary N) is 1. The zero-order valence-electron chi connectivity index (χ0n) is 11.8. The van der Waals surface area contributed by atoms with Crippen molar-refractivity contribution in [2.75, 3.05) is 26.9 Å². The third-order valence-electron chi connectivity index (χ3n) is 2.65. The van der Waals surface area contributed by atoms with Gasteiger partial charge in [0, 0.05) is 25.3 Å². The third-order valence-corrected chi connectivity index (χ3v) is 2.65. The first-order chi connectivity index (χ1) is 9.69. The lowest BCUT2D eigenvalue weighted by Crippen LogP contribution is -2.17. The standard InChI is InChI=1S/C14H21F2NO3/c1-3-19-9-5-8-17-10-11-6-4-7-12(18-2)13(11)20-14(15)16/h4,6-7,14,17H,3,5,8-10H2,1-2H3. The van der Waals surface area contributed by atoms with Crippen LogP contribution < -0.4 is 14.8 Å². The van der Waals surface area contributed by atoms with Gasteiger partial charge in [-0.2, -0.15) is 8.78 Å². The second kappa shape index (κ2) is 9.50. The van der Waals surface area contributed by atoms with Crippen molar-refractivity contribution in [3.05, 3.63) is 23.8 Å². The summed E-state index contributed by atoms with van der Waals surface area (Å²) in [7, 11) is 1.42. The van der Waals surface area contributed by atoms with E-state index in [4.69, 9.17) is 9.47 Å². The molecule has 0 aromatic heterocycles. The summed E-state index contributed by atoms with van der Waals surface area (Å²) in [5.41, 5.74) is 0.640. The number of methoxy groups -OCH3 is 1. The van der Waals surface area contributed by atoms with Crippen LogP contribution in [0.4, 0.5) is 8.78 Å². The van der Waals surface area contributed by atoms with Gasteiger partial charge < -0.3 is 19.5 Å². The normalized spacial score (nSPS) is 10.8. The van der Waals surface area contributed by atoms with E-state index in [-0.39, 0.29) is 5.75 Å². The smallest absolute Gasteiger partial charge is 0.387 e. The molecule has 114 valence electrons. The van der Waals surface area contributed by atoms with Crippen LogP contribution in [0.5, 0.6) is 11.5 Å². The molecule has 20 heavy (non-hydrogen) atoms. The number of alkyl halides is 2. The number of hydrogen-bond acceptors (Lipinski definition) is 4. The molecule has 0 aliphatic carbocycles. The fourth-order valence-corrected chi connectivity index (χ4v) is 1.75. The molecule has 0 saturated heterocycles. The minimum atomic E-state index is -2.87. The molecule has 0 amide bonds. The van der Waals surface area contributed by atoms with E-state index < -0.39 is 6.61 Å². The Bertz CT molecular complexity index is 389. The van der Waals surface area contributed by atoms with Gasteiger partial charge in [0.05, 0.1) is 7.11 Å². The molecule has 1 rings (SSSR count). The van der Waals surface area contributed by atoms with Crippen molar-refractivity contribution in [1.29, 1.82) is 0 Å². The Kier molecular flexibility index (Phi) is 7.91. The Labute approximate surface area is 118 Å². The van der Waals surface area contributed by atoms with Crippen LogP contribution in [0.3, 0.4) is 0 Å². The van der Waals surface area contributed by atoms with E-state index in [0.717, 1.165) is 13.0 Å². The molecule has 0 atom stereocenters. The summed E-state index contributed by atoms with van der Waals surface area (Å²) in [5, 5.41) is 3.17. The highest BCUT2D eigenvalue weighted by Gasteiger charge is 2.14. The van der Waals surface area contributed by atoms with Crippen molar-refractivity contribution in [2.24, 2.45) is 0 Å². The van der Waals surface area contributed by atoms with E-state index in [1.165, 1.54) is 7.11 Å². The molecule has 0 radical (unpaired) electrons. The van der Waals surface area contributed by atoms with Gasteiger partial charge in [0.15, 0.2) is 11.5 Å². The molecular formula is C14H21F2NO3. The summed E-state index contributed by atoms with van der Waals surface area (Å²) in [4.78, 5) is 0. The van der Waals surface area contributed by atoms with Crippen LogP contribution in [0, 0.1) is 0 Å². The molecule has 0 aliphatic rings. The van der Waals surface area contributed by atoms with Gasteiger partial charge in [-0.25, -0.2) is 0 Å². The van der Waals surface area contributed by atoms with Crippen LogP contribution in [0.1, 0.15) is 18.9 Å². The maximum absolute atomic E-state index is 12.4. The Morgan fingerprint density at radius 1 is 1.30 bits per heavy atom. The van der Waals surface area contributed by atoms with E-state index in [0.29, 0.717) is 31.1 Å². The Hall–Kier alpha value is -1.40. The van der Waals surface area contributed by atoms with Crippen LogP contribution in [-0.4, -0.2) is 33.5 Å². The fraction of sp³-hybridized carbons (Fsp3) is 0.571. The molecule has 0 bridgehead atoms. The fourth-order valence-electron chi connectivity index (χ4n) is 1.75. The molecule has 0 heterocycles. The summed E-state index contributed by atoms with van der Waals surface area (Å²) in [6, 6.07) is 5.07. The lowest BCUT2D eigenvalue weighted by molar-refractivity contribution is -0.0518. The second-order valence-electron chi connectivity index (χ2n) is 4.05. The number of halogens is 2. The molecule has 0 unspecified atom stereocenters. The van der Waals surface area contributed by atoms with Gasteiger partial charge in [-0.1, -0.05) is 12.1 Å². The van der Waals surface area contributed by atoms with E-state index >= 15 is 0 Å². The maximum Gasteiger partial charge on any atom is 0.387 e. The Balaban J connectivity index is 2.55. The lowest BCUT2D eigenvalue weighted by atomic mass is 10.2. The van der Waals surface area contributed by atoms with E-state index in [9.17, 15) is 8.78 Å². The monoisotopic (exact) mass is 289 g/mol. The molecule has 0 spiro atoms. The van der Waals surface area contributed by atoms with Crippen molar-refractivity contribution in [2.45, 2.75) is 26.5 Å². The molecule has 4 nitrogen and oxygen atoms in total. The average Bonchev–Trinajstić information content (AvgIpc) is 2.43. The summed E-state index contributed by atoms with van der Waals surface area (Å²) < 4.78 is 39.7. The van der Waals surface area contributed by atoms with Crippen LogP contribution >= 0.6 is 0 Å². The highest BCUT2D eigenvalue weighted by Crippen LogP contribution is 2.32. The summed E-state index contributed by atoms with van der Waals surface area (Å²) >= 11 is 0. The minimum absolute atomic E-state index is 0.0855. The Morgan fingerprint density at radius 2 is 2.10 bits per heavy atom. The van der Waals surface area contributed by atoms with E-state index in [1.54, 1.807) is 18.2 Å². The first-order valence-corrected chi connectivity index (χ1v) is 6.58. The molecule has 6 heteroatoms. The Morgan fingerprint density at radius 3 is 2.75 bits per heavy atom. The van der Waals surface area contributed by atoms with Crippen molar-refractivity contribution in [3.8, 4) is 11.5 Å². The molecular weight excluding hydrogens is 268 g/mol. The van der Waals surface area contributed by atoms with Gasteiger partial charge >= 0.3 is 6.61 Å². The lowest BCUT2D eigenvalue weighted by Gasteiger charge is -2.14. The van der Waals surface area contributed by atoms with Crippen molar-refractivity contribution >= 4 is 0 Å². The van der Waals surface area contributed by atoms with Crippen molar-refractivity contribution in [1.82, 2.24) is 5.32 Å². The van der Waals surface area contributed by atoms with Crippen LogP contribution in [0.2, 0.25) is 0 Å². The number of ether oxygens (including phenoxy) is 3. The number of para-hydroxylation sites is 1. The molecule has 1 N–H and O–H groups in total. The second-order valence-corrected chi connectivity index (χ2v) is 4.05. The predicted molar refractivity (Wildman–Crippen MR) is 72.4 cm³/mol. The molecule has 1 aromatic carbocycles. The average molecular weight is 289 g/mol. The maximum atomic E-state index is 12.4. The van der Waals surface area contributed by atoms with Crippen molar-refractivity contribution < 1.29 is 23.0 Å². The minimum Gasteiger partial charge on any atom is -0.493 e. The van der Waals surface area contributed by atoms with E-state index in [2.05, 4.69) is 10.1 Å². The van der Waals surface area contributed by atoms with Crippen molar-refractivity contribution in [3.63, 3.8) is 0 Å². The first kappa shape index (κ1) is 16.7. The van der Waals surface area contributed by atoms with Crippen LogP contribution in [0.15, 0.2) is 18.2 Å². The SMILES string of the molecule is CCOCCCNCc1cccc(OC)c1OC(F)F. The first-order valence-electron chi connectivity index (χ1n) is 6.58. The van der Waals surface area contributed by atoms with Crippen LogP contribution in [-0.2, 0) is 11.3 Å². The number of rotatable bonds is 10. The molecule has 0 fully saturated rings. The largest absolute Gasteiger partial charge is 0.493 e. The number of hydrogen-bond donors (Lipinski definition) is 1. The van der Waals surface area contributed by atoms with Crippen LogP contribution in [0.25, 0.3) is 0 Å². The molecule has 0 saturated carbocycles. The zero-order chi connectivity index (χ0) is 14.8. The predicted octanol–water partition coefficient (Wildman–Crippen LogP) is 2.81. The summed E-state index contributed by atoms with van der Waals surface area (Å²) in [5.74, 6) is 0.390. The highest BCUT2D eigenvalue weighted by atomic mass is 19.3. The molecule has 1 aromatic rings.